The van der Waals surface area contributed by atoms with Gasteiger partial charge in [-0.3, -0.25) is 9.59 Å². The molecule has 0 aliphatic rings. The minimum absolute atomic E-state index is 0.0343. The van der Waals surface area contributed by atoms with Gasteiger partial charge in [-0.1, -0.05) is 49.4 Å². The first kappa shape index (κ1) is 17.7. The number of benzene rings is 2. The minimum Gasteiger partial charge on any atom is -0.481 e. The molecule has 0 aliphatic carbocycles. The van der Waals surface area contributed by atoms with Crippen molar-refractivity contribution in [3.05, 3.63) is 71.3 Å². The summed E-state index contributed by atoms with van der Waals surface area (Å²) in [4.78, 5) is 23.3. The summed E-state index contributed by atoms with van der Waals surface area (Å²) < 4.78 is 0. The monoisotopic (exact) mass is 325 g/mol. The zero-order valence-corrected chi connectivity index (χ0v) is 13.9. The molecule has 2 aromatic carbocycles. The minimum atomic E-state index is -0.852. The highest BCUT2D eigenvalue weighted by atomic mass is 16.4. The van der Waals surface area contributed by atoms with Crippen LogP contribution in [-0.4, -0.2) is 23.0 Å². The second-order valence-corrected chi connectivity index (χ2v) is 5.84. The van der Waals surface area contributed by atoms with Gasteiger partial charge in [0.1, 0.15) is 0 Å². The molecular weight excluding hydrogens is 302 g/mol. The van der Waals surface area contributed by atoms with Crippen molar-refractivity contribution in [1.82, 2.24) is 5.32 Å². The molecule has 0 spiro atoms. The highest BCUT2D eigenvalue weighted by Crippen LogP contribution is 2.10. The largest absolute Gasteiger partial charge is 0.481 e. The molecule has 0 fully saturated rings. The fraction of sp³-hybridized carbons (Fsp3) is 0.300. The van der Waals surface area contributed by atoms with E-state index < -0.39 is 5.97 Å². The molecule has 0 aromatic heterocycles. The van der Waals surface area contributed by atoms with E-state index in [9.17, 15) is 9.59 Å². The summed E-state index contributed by atoms with van der Waals surface area (Å²) in [7, 11) is 0. The summed E-state index contributed by atoms with van der Waals surface area (Å²) in [5, 5.41) is 11.9. The van der Waals surface area contributed by atoms with Crippen LogP contribution in [0.1, 0.15) is 41.3 Å². The lowest BCUT2D eigenvalue weighted by Crippen LogP contribution is -2.36. The second-order valence-electron chi connectivity index (χ2n) is 5.84. The lowest BCUT2D eigenvalue weighted by Gasteiger charge is -2.18. The third-order valence-electron chi connectivity index (χ3n) is 3.99. The molecule has 1 atom stereocenters. The molecule has 2 N–H and O–H groups in total. The van der Waals surface area contributed by atoms with Gasteiger partial charge >= 0.3 is 5.97 Å². The molecule has 0 saturated carbocycles. The molecular formula is C20H23NO3. The smallest absolute Gasteiger partial charge is 0.303 e. The first-order chi connectivity index (χ1) is 11.6. The van der Waals surface area contributed by atoms with Gasteiger partial charge < -0.3 is 10.4 Å². The Morgan fingerprint density at radius 3 is 2.25 bits per heavy atom. The highest BCUT2D eigenvalue weighted by Gasteiger charge is 2.16. The number of rotatable bonds is 8. The van der Waals surface area contributed by atoms with E-state index in [0.29, 0.717) is 18.4 Å². The molecule has 4 nitrogen and oxygen atoms in total. The van der Waals surface area contributed by atoms with E-state index in [0.717, 1.165) is 12.0 Å². The molecule has 0 saturated heterocycles. The Balaban J connectivity index is 2.04. The lowest BCUT2D eigenvalue weighted by atomic mass is 10.0. The summed E-state index contributed by atoms with van der Waals surface area (Å²) >= 11 is 0. The Morgan fingerprint density at radius 1 is 1.00 bits per heavy atom. The first-order valence-electron chi connectivity index (χ1n) is 8.24. The third-order valence-corrected chi connectivity index (χ3v) is 3.99. The van der Waals surface area contributed by atoms with E-state index >= 15 is 0 Å². The summed E-state index contributed by atoms with van der Waals surface area (Å²) in [6.45, 7) is 2.07. The SMILES string of the molecule is CCc1ccc(C(=O)NC(CCC(=O)O)Cc2ccccc2)cc1. The number of carboxylic acids is 1. The Hall–Kier alpha value is -2.62. The van der Waals surface area contributed by atoms with Crippen molar-refractivity contribution in [2.75, 3.05) is 0 Å². The predicted octanol–water partition coefficient (Wildman–Crippen LogP) is 3.45. The number of nitrogens with one attached hydrogen (secondary N) is 1. The topological polar surface area (TPSA) is 66.4 Å². The number of hydrogen-bond acceptors (Lipinski definition) is 2. The molecule has 0 heterocycles. The maximum absolute atomic E-state index is 12.4. The van der Waals surface area contributed by atoms with Crippen LogP contribution in [0.5, 0.6) is 0 Å². The highest BCUT2D eigenvalue weighted by molar-refractivity contribution is 5.94. The zero-order valence-electron chi connectivity index (χ0n) is 13.9. The number of hydrogen-bond donors (Lipinski definition) is 2. The Bertz CT molecular complexity index is 665. The maximum atomic E-state index is 12.4. The maximum Gasteiger partial charge on any atom is 0.303 e. The molecule has 4 heteroatoms. The van der Waals surface area contributed by atoms with Gasteiger partial charge in [-0.05, 0) is 42.5 Å². The molecule has 2 aromatic rings. The number of aryl methyl sites for hydroxylation is 1. The third kappa shape index (κ3) is 5.54. The van der Waals surface area contributed by atoms with E-state index in [-0.39, 0.29) is 18.4 Å². The summed E-state index contributed by atoms with van der Waals surface area (Å²) in [5.74, 6) is -1.02. The van der Waals surface area contributed by atoms with E-state index in [1.807, 2.05) is 54.6 Å². The number of aliphatic carboxylic acids is 1. The standard InChI is InChI=1S/C20H23NO3/c1-2-15-8-10-17(11-9-15)20(24)21-18(12-13-19(22)23)14-16-6-4-3-5-7-16/h3-11,18H,2,12-14H2,1H3,(H,21,24)(H,22,23). The summed E-state index contributed by atoms with van der Waals surface area (Å²) in [6, 6.07) is 17.1. The van der Waals surface area contributed by atoms with Crippen molar-refractivity contribution in [2.45, 2.75) is 38.6 Å². The predicted molar refractivity (Wildman–Crippen MR) is 94.1 cm³/mol. The Labute approximate surface area is 142 Å². The molecule has 1 amide bonds. The van der Waals surface area contributed by atoms with Crippen LogP contribution in [0.2, 0.25) is 0 Å². The van der Waals surface area contributed by atoms with Gasteiger partial charge in [-0.2, -0.15) is 0 Å². The van der Waals surface area contributed by atoms with Crippen LogP contribution in [-0.2, 0) is 17.6 Å². The van der Waals surface area contributed by atoms with Crippen molar-refractivity contribution in [1.29, 1.82) is 0 Å². The van der Waals surface area contributed by atoms with E-state index in [1.165, 1.54) is 5.56 Å². The van der Waals surface area contributed by atoms with Gasteiger partial charge in [0, 0.05) is 18.0 Å². The lowest BCUT2D eigenvalue weighted by molar-refractivity contribution is -0.137. The average molecular weight is 325 g/mol. The number of carboxylic acid groups (broad SMARTS) is 1. The molecule has 1 unspecified atom stereocenters. The molecule has 0 radical (unpaired) electrons. The van der Waals surface area contributed by atoms with Crippen LogP contribution in [0.4, 0.5) is 0 Å². The van der Waals surface area contributed by atoms with Crippen LogP contribution in [0, 0.1) is 0 Å². The van der Waals surface area contributed by atoms with Crippen LogP contribution < -0.4 is 5.32 Å². The normalized spacial score (nSPS) is 11.7. The summed E-state index contributed by atoms with van der Waals surface area (Å²) in [6.07, 6.45) is 1.99. The van der Waals surface area contributed by atoms with Crippen LogP contribution in [0.3, 0.4) is 0 Å². The van der Waals surface area contributed by atoms with Crippen molar-refractivity contribution < 1.29 is 14.7 Å². The van der Waals surface area contributed by atoms with Crippen LogP contribution in [0.25, 0.3) is 0 Å². The van der Waals surface area contributed by atoms with Gasteiger partial charge in [-0.15, -0.1) is 0 Å². The quantitative estimate of drug-likeness (QED) is 0.781. The van der Waals surface area contributed by atoms with Gasteiger partial charge in [0.15, 0.2) is 0 Å². The van der Waals surface area contributed by atoms with Gasteiger partial charge in [0.25, 0.3) is 5.91 Å². The van der Waals surface area contributed by atoms with Crippen LogP contribution >= 0.6 is 0 Å². The fourth-order valence-corrected chi connectivity index (χ4v) is 2.58. The molecule has 126 valence electrons. The molecule has 2 rings (SSSR count). The molecule has 24 heavy (non-hydrogen) atoms. The van der Waals surface area contributed by atoms with E-state index in [2.05, 4.69) is 12.2 Å². The van der Waals surface area contributed by atoms with Crippen molar-refractivity contribution in [2.24, 2.45) is 0 Å². The molecule has 0 bridgehead atoms. The second kappa shape index (κ2) is 8.87. The first-order valence-corrected chi connectivity index (χ1v) is 8.24. The van der Waals surface area contributed by atoms with Gasteiger partial charge in [-0.25, -0.2) is 0 Å². The van der Waals surface area contributed by atoms with Gasteiger partial charge in [0.05, 0.1) is 0 Å². The Kier molecular flexibility index (Phi) is 6.55. The van der Waals surface area contributed by atoms with E-state index in [4.69, 9.17) is 5.11 Å². The molecule has 0 aliphatic heterocycles. The van der Waals surface area contributed by atoms with Crippen molar-refractivity contribution >= 4 is 11.9 Å². The Morgan fingerprint density at radius 2 is 1.67 bits per heavy atom. The van der Waals surface area contributed by atoms with Crippen molar-refractivity contribution in [3.8, 4) is 0 Å². The number of carbonyl (C=O) groups is 2. The van der Waals surface area contributed by atoms with Crippen LogP contribution in [0.15, 0.2) is 54.6 Å². The van der Waals surface area contributed by atoms with Crippen molar-refractivity contribution in [3.63, 3.8) is 0 Å². The fourth-order valence-electron chi connectivity index (χ4n) is 2.58. The summed E-state index contributed by atoms with van der Waals surface area (Å²) in [5.41, 5.74) is 2.85. The van der Waals surface area contributed by atoms with E-state index in [1.54, 1.807) is 0 Å². The van der Waals surface area contributed by atoms with Gasteiger partial charge in [0.2, 0.25) is 0 Å². The zero-order chi connectivity index (χ0) is 17.4. The number of amides is 1. The average Bonchev–Trinajstić information content (AvgIpc) is 2.60. The number of carbonyl (C=O) groups excluding carboxylic acids is 1.